The van der Waals surface area contributed by atoms with Gasteiger partial charge in [-0.25, -0.2) is 0 Å². The van der Waals surface area contributed by atoms with Crippen molar-refractivity contribution in [3.05, 3.63) is 63.4 Å². The molecule has 0 saturated carbocycles. The van der Waals surface area contributed by atoms with Gasteiger partial charge in [0.05, 0.1) is 19.3 Å². The highest BCUT2D eigenvalue weighted by molar-refractivity contribution is 5.90. The Bertz CT molecular complexity index is 983. The van der Waals surface area contributed by atoms with E-state index < -0.39 is 0 Å². The maximum absolute atomic E-state index is 12.8. The van der Waals surface area contributed by atoms with Crippen LogP contribution in [0.15, 0.2) is 41.2 Å². The molecule has 0 amide bonds. The van der Waals surface area contributed by atoms with E-state index >= 15 is 0 Å². The number of hydrogen-bond acceptors (Lipinski definition) is 2. The van der Waals surface area contributed by atoms with Gasteiger partial charge in [-0.1, -0.05) is 6.07 Å². The Hall–Kier alpha value is -2.55. The molecule has 110 valence electrons. The highest BCUT2D eigenvalue weighted by Crippen LogP contribution is 2.35. The summed E-state index contributed by atoms with van der Waals surface area (Å²) in [6, 6.07) is 12.1. The molecule has 0 N–H and O–H groups in total. The SMILES string of the molecule is COc1ccc2c(c1)Cn1c-2cc2c(C)c(C)ccc2c1=O. The molecule has 0 spiro atoms. The lowest BCUT2D eigenvalue weighted by molar-refractivity contribution is 0.414. The van der Waals surface area contributed by atoms with Crippen molar-refractivity contribution in [1.29, 1.82) is 0 Å². The van der Waals surface area contributed by atoms with Crippen LogP contribution in [0.5, 0.6) is 5.75 Å². The fourth-order valence-electron chi connectivity index (χ4n) is 3.31. The van der Waals surface area contributed by atoms with E-state index in [0.29, 0.717) is 6.54 Å². The minimum atomic E-state index is 0.0887. The normalized spacial score (nSPS) is 12.3. The zero-order chi connectivity index (χ0) is 15.4. The molecule has 2 aromatic carbocycles. The predicted molar refractivity (Wildman–Crippen MR) is 88.8 cm³/mol. The van der Waals surface area contributed by atoms with Gasteiger partial charge in [0, 0.05) is 10.9 Å². The van der Waals surface area contributed by atoms with E-state index in [9.17, 15) is 4.79 Å². The number of ether oxygens (including phenoxy) is 1. The monoisotopic (exact) mass is 291 g/mol. The van der Waals surface area contributed by atoms with Crippen LogP contribution in [0, 0.1) is 13.8 Å². The van der Waals surface area contributed by atoms with E-state index in [1.165, 1.54) is 11.1 Å². The Labute approximate surface area is 128 Å². The first-order chi connectivity index (χ1) is 10.6. The molecule has 0 aliphatic carbocycles. The van der Waals surface area contributed by atoms with Gasteiger partial charge in [0.1, 0.15) is 5.75 Å². The van der Waals surface area contributed by atoms with Gasteiger partial charge < -0.3 is 9.30 Å². The second-order valence-electron chi connectivity index (χ2n) is 5.91. The van der Waals surface area contributed by atoms with Crippen molar-refractivity contribution in [1.82, 2.24) is 4.57 Å². The van der Waals surface area contributed by atoms with Crippen molar-refractivity contribution < 1.29 is 4.74 Å². The topological polar surface area (TPSA) is 31.2 Å². The molecule has 1 aliphatic rings. The van der Waals surface area contributed by atoms with Gasteiger partial charge >= 0.3 is 0 Å². The van der Waals surface area contributed by atoms with Crippen molar-refractivity contribution in [2.24, 2.45) is 0 Å². The Morgan fingerprint density at radius 3 is 2.64 bits per heavy atom. The Morgan fingerprint density at radius 2 is 1.86 bits per heavy atom. The van der Waals surface area contributed by atoms with Crippen molar-refractivity contribution in [2.75, 3.05) is 7.11 Å². The van der Waals surface area contributed by atoms with Gasteiger partial charge in [0.25, 0.3) is 5.56 Å². The van der Waals surface area contributed by atoms with E-state index in [1.54, 1.807) is 7.11 Å². The highest BCUT2D eigenvalue weighted by Gasteiger charge is 2.22. The molecule has 22 heavy (non-hydrogen) atoms. The first-order valence-electron chi connectivity index (χ1n) is 7.41. The largest absolute Gasteiger partial charge is 0.497 e. The summed E-state index contributed by atoms with van der Waals surface area (Å²) in [6.07, 6.45) is 0. The van der Waals surface area contributed by atoms with Crippen molar-refractivity contribution in [3.63, 3.8) is 0 Å². The average molecular weight is 291 g/mol. The van der Waals surface area contributed by atoms with E-state index in [0.717, 1.165) is 33.3 Å². The molecule has 4 rings (SSSR count). The zero-order valence-electron chi connectivity index (χ0n) is 12.9. The van der Waals surface area contributed by atoms with Crippen LogP contribution in [0.4, 0.5) is 0 Å². The fourth-order valence-corrected chi connectivity index (χ4v) is 3.31. The van der Waals surface area contributed by atoms with Crippen LogP contribution in [0.2, 0.25) is 0 Å². The minimum Gasteiger partial charge on any atom is -0.497 e. The molecule has 0 atom stereocenters. The molecule has 0 unspecified atom stereocenters. The zero-order valence-corrected chi connectivity index (χ0v) is 12.9. The quantitative estimate of drug-likeness (QED) is 0.536. The van der Waals surface area contributed by atoms with E-state index in [2.05, 4.69) is 19.9 Å². The third-order valence-corrected chi connectivity index (χ3v) is 4.75. The average Bonchev–Trinajstić information content (AvgIpc) is 2.89. The molecule has 3 heteroatoms. The molecule has 1 aromatic heterocycles. The first-order valence-corrected chi connectivity index (χ1v) is 7.41. The van der Waals surface area contributed by atoms with Crippen LogP contribution in [0.25, 0.3) is 22.0 Å². The number of rotatable bonds is 1. The molecule has 0 radical (unpaired) electrons. The Balaban J connectivity index is 2.07. The highest BCUT2D eigenvalue weighted by atomic mass is 16.5. The van der Waals surface area contributed by atoms with Crippen LogP contribution in [-0.4, -0.2) is 11.7 Å². The maximum Gasteiger partial charge on any atom is 0.259 e. The number of fused-ring (bicyclic) bond motifs is 4. The van der Waals surface area contributed by atoms with Gasteiger partial charge in [0.2, 0.25) is 0 Å². The number of benzene rings is 2. The summed E-state index contributed by atoms with van der Waals surface area (Å²) in [6.45, 7) is 4.78. The van der Waals surface area contributed by atoms with Gasteiger partial charge in [-0.05, 0) is 66.3 Å². The third kappa shape index (κ3) is 1.65. The summed E-state index contributed by atoms with van der Waals surface area (Å²) in [5, 5.41) is 1.85. The van der Waals surface area contributed by atoms with Gasteiger partial charge in [-0.15, -0.1) is 0 Å². The summed E-state index contributed by atoms with van der Waals surface area (Å²) < 4.78 is 7.16. The smallest absolute Gasteiger partial charge is 0.259 e. The van der Waals surface area contributed by atoms with E-state index in [1.807, 2.05) is 34.9 Å². The number of aromatic nitrogens is 1. The fraction of sp³-hybridized carbons (Fsp3) is 0.211. The van der Waals surface area contributed by atoms with Crippen molar-refractivity contribution in [3.8, 4) is 17.0 Å². The molecule has 3 nitrogen and oxygen atoms in total. The second-order valence-corrected chi connectivity index (χ2v) is 5.91. The first kappa shape index (κ1) is 13.1. The Morgan fingerprint density at radius 1 is 1.05 bits per heavy atom. The van der Waals surface area contributed by atoms with Crippen molar-refractivity contribution in [2.45, 2.75) is 20.4 Å². The lowest BCUT2D eigenvalue weighted by Crippen LogP contribution is -2.19. The van der Waals surface area contributed by atoms with Gasteiger partial charge in [-0.2, -0.15) is 0 Å². The van der Waals surface area contributed by atoms with E-state index in [-0.39, 0.29) is 5.56 Å². The van der Waals surface area contributed by atoms with Crippen LogP contribution < -0.4 is 10.3 Å². The lowest BCUT2D eigenvalue weighted by Gasteiger charge is -2.10. The number of pyridine rings is 1. The van der Waals surface area contributed by atoms with Crippen LogP contribution in [-0.2, 0) is 6.54 Å². The summed E-state index contributed by atoms with van der Waals surface area (Å²) in [4.78, 5) is 12.8. The summed E-state index contributed by atoms with van der Waals surface area (Å²) >= 11 is 0. The van der Waals surface area contributed by atoms with Crippen LogP contribution in [0.3, 0.4) is 0 Å². The number of methoxy groups -OCH3 is 1. The summed E-state index contributed by atoms with van der Waals surface area (Å²) in [5.74, 6) is 0.830. The molecular formula is C19H17NO2. The van der Waals surface area contributed by atoms with Gasteiger partial charge in [0.15, 0.2) is 0 Å². The molecule has 2 heterocycles. The second kappa shape index (κ2) is 4.47. The number of nitrogens with zero attached hydrogens (tertiary/aromatic N) is 1. The van der Waals surface area contributed by atoms with Crippen LogP contribution in [0.1, 0.15) is 16.7 Å². The molecule has 0 saturated heterocycles. The predicted octanol–water partition coefficient (Wildman–Crippen LogP) is 3.66. The Kier molecular flexibility index (Phi) is 2.67. The minimum absolute atomic E-state index is 0.0887. The van der Waals surface area contributed by atoms with Crippen molar-refractivity contribution >= 4 is 10.8 Å². The third-order valence-electron chi connectivity index (χ3n) is 4.75. The summed E-state index contributed by atoms with van der Waals surface area (Å²) in [5.41, 5.74) is 5.75. The molecular weight excluding hydrogens is 274 g/mol. The number of hydrogen-bond donors (Lipinski definition) is 0. The maximum atomic E-state index is 12.8. The van der Waals surface area contributed by atoms with Gasteiger partial charge in [-0.3, -0.25) is 4.79 Å². The van der Waals surface area contributed by atoms with Crippen LogP contribution >= 0.6 is 0 Å². The molecule has 0 fully saturated rings. The van der Waals surface area contributed by atoms with E-state index in [4.69, 9.17) is 4.74 Å². The molecule has 0 bridgehead atoms. The molecule has 3 aromatic rings. The molecule has 1 aliphatic heterocycles. The standard InChI is InChI=1S/C19H17NO2/c1-11-4-6-16-17(12(11)2)9-18-15-7-5-14(22-3)8-13(15)10-20(18)19(16)21/h4-9H,10H2,1-3H3. The summed E-state index contributed by atoms with van der Waals surface area (Å²) in [7, 11) is 1.66. The lowest BCUT2D eigenvalue weighted by atomic mass is 10.00. The number of aryl methyl sites for hydroxylation is 2.